The summed E-state index contributed by atoms with van der Waals surface area (Å²) in [5.74, 6) is 0.973. The summed E-state index contributed by atoms with van der Waals surface area (Å²) in [7, 11) is 1.72. The van der Waals surface area contributed by atoms with Crippen molar-refractivity contribution >= 4 is 0 Å². The van der Waals surface area contributed by atoms with Crippen LogP contribution in [0.1, 0.15) is 24.8 Å². The van der Waals surface area contributed by atoms with E-state index in [-0.39, 0.29) is 0 Å². The van der Waals surface area contributed by atoms with Crippen molar-refractivity contribution in [3.63, 3.8) is 0 Å². The Labute approximate surface area is 97.3 Å². The van der Waals surface area contributed by atoms with Crippen molar-refractivity contribution in [2.45, 2.75) is 31.8 Å². The Balaban J connectivity index is 1.91. The van der Waals surface area contributed by atoms with Crippen molar-refractivity contribution < 1.29 is 4.74 Å². The maximum atomic E-state index is 5.33. The van der Waals surface area contributed by atoms with Crippen LogP contribution in [-0.4, -0.2) is 13.2 Å². The van der Waals surface area contributed by atoms with Gasteiger partial charge >= 0.3 is 0 Å². The average molecular weight is 217 g/mol. The molecule has 2 heteroatoms. The molecule has 0 aromatic heterocycles. The lowest BCUT2D eigenvalue weighted by Crippen LogP contribution is -2.29. The first-order chi connectivity index (χ1) is 7.90. The molecule has 1 atom stereocenters. The Bertz CT molecular complexity index is 360. The fraction of sp³-hybridized carbons (Fsp3) is 0.429. The zero-order chi connectivity index (χ0) is 11.2. The van der Waals surface area contributed by atoms with Crippen LogP contribution in [-0.2, 0) is 6.54 Å². The van der Waals surface area contributed by atoms with Gasteiger partial charge in [0.25, 0.3) is 0 Å². The van der Waals surface area contributed by atoms with Gasteiger partial charge in [-0.1, -0.05) is 30.4 Å². The fourth-order valence-corrected chi connectivity index (χ4v) is 2.08. The molecule has 0 saturated heterocycles. The van der Waals surface area contributed by atoms with E-state index >= 15 is 0 Å². The number of allylic oxidation sites excluding steroid dienone is 1. The van der Waals surface area contributed by atoms with Crippen LogP contribution < -0.4 is 10.1 Å². The monoisotopic (exact) mass is 217 g/mol. The van der Waals surface area contributed by atoms with Gasteiger partial charge in [0.2, 0.25) is 0 Å². The van der Waals surface area contributed by atoms with Gasteiger partial charge < -0.3 is 10.1 Å². The third-order valence-corrected chi connectivity index (χ3v) is 3.04. The highest BCUT2D eigenvalue weighted by Gasteiger charge is 2.09. The molecule has 2 rings (SSSR count). The van der Waals surface area contributed by atoms with Crippen LogP contribution in [0, 0.1) is 0 Å². The largest absolute Gasteiger partial charge is 0.496 e. The minimum absolute atomic E-state index is 0.620. The SMILES string of the molecule is COc1ccccc1CNC1CC=CCC1. The van der Waals surface area contributed by atoms with E-state index in [9.17, 15) is 0 Å². The highest BCUT2D eigenvalue weighted by molar-refractivity contribution is 5.33. The highest BCUT2D eigenvalue weighted by atomic mass is 16.5. The molecule has 0 saturated carbocycles. The Kier molecular flexibility index (Phi) is 4.00. The number of hydrogen-bond acceptors (Lipinski definition) is 2. The first kappa shape index (κ1) is 11.2. The molecule has 0 heterocycles. The molecule has 0 radical (unpaired) electrons. The number of rotatable bonds is 4. The van der Waals surface area contributed by atoms with Crippen molar-refractivity contribution in [1.29, 1.82) is 0 Å². The minimum Gasteiger partial charge on any atom is -0.496 e. The van der Waals surface area contributed by atoms with E-state index in [1.165, 1.54) is 18.4 Å². The van der Waals surface area contributed by atoms with Crippen LogP contribution in [0.15, 0.2) is 36.4 Å². The van der Waals surface area contributed by atoms with Gasteiger partial charge in [0, 0.05) is 18.2 Å². The molecule has 1 unspecified atom stereocenters. The topological polar surface area (TPSA) is 21.3 Å². The van der Waals surface area contributed by atoms with Crippen LogP contribution in [0.4, 0.5) is 0 Å². The maximum absolute atomic E-state index is 5.33. The quantitative estimate of drug-likeness (QED) is 0.783. The van der Waals surface area contributed by atoms with Crippen molar-refractivity contribution in [1.82, 2.24) is 5.32 Å². The molecule has 1 aliphatic rings. The second kappa shape index (κ2) is 5.71. The zero-order valence-corrected chi connectivity index (χ0v) is 9.78. The van der Waals surface area contributed by atoms with Crippen LogP contribution in [0.25, 0.3) is 0 Å². The van der Waals surface area contributed by atoms with Crippen LogP contribution in [0.2, 0.25) is 0 Å². The Morgan fingerprint density at radius 1 is 1.31 bits per heavy atom. The van der Waals surface area contributed by atoms with Crippen molar-refractivity contribution in [3.8, 4) is 5.75 Å². The van der Waals surface area contributed by atoms with Crippen LogP contribution >= 0.6 is 0 Å². The molecule has 0 bridgehead atoms. The van der Waals surface area contributed by atoms with Gasteiger partial charge in [-0.25, -0.2) is 0 Å². The summed E-state index contributed by atoms with van der Waals surface area (Å²) >= 11 is 0. The molecule has 0 spiro atoms. The van der Waals surface area contributed by atoms with E-state index in [1.807, 2.05) is 12.1 Å². The summed E-state index contributed by atoms with van der Waals surface area (Å²) in [4.78, 5) is 0. The van der Waals surface area contributed by atoms with Gasteiger partial charge in [-0.3, -0.25) is 0 Å². The molecule has 1 aromatic rings. The molecule has 86 valence electrons. The molecule has 1 aliphatic carbocycles. The molecular weight excluding hydrogens is 198 g/mol. The second-order valence-electron chi connectivity index (χ2n) is 4.17. The number of ether oxygens (including phenoxy) is 1. The molecule has 1 aromatic carbocycles. The summed E-state index contributed by atoms with van der Waals surface area (Å²) in [6, 6.07) is 8.81. The van der Waals surface area contributed by atoms with E-state index in [0.29, 0.717) is 6.04 Å². The molecule has 0 fully saturated rings. The number of hydrogen-bond donors (Lipinski definition) is 1. The number of nitrogens with one attached hydrogen (secondary N) is 1. The van der Waals surface area contributed by atoms with Gasteiger partial charge in [0.15, 0.2) is 0 Å². The zero-order valence-electron chi connectivity index (χ0n) is 9.78. The molecule has 2 nitrogen and oxygen atoms in total. The van der Waals surface area contributed by atoms with Gasteiger partial charge in [0.1, 0.15) is 5.75 Å². The lowest BCUT2D eigenvalue weighted by molar-refractivity contribution is 0.402. The first-order valence-electron chi connectivity index (χ1n) is 5.90. The Hall–Kier alpha value is -1.28. The van der Waals surface area contributed by atoms with E-state index < -0.39 is 0 Å². The average Bonchev–Trinajstić information content (AvgIpc) is 2.38. The van der Waals surface area contributed by atoms with Gasteiger partial charge in [-0.05, 0) is 25.3 Å². The minimum atomic E-state index is 0.620. The van der Waals surface area contributed by atoms with Gasteiger partial charge in [0.05, 0.1) is 7.11 Å². The Morgan fingerprint density at radius 2 is 2.19 bits per heavy atom. The molecule has 1 N–H and O–H groups in total. The van der Waals surface area contributed by atoms with E-state index in [4.69, 9.17) is 4.74 Å². The van der Waals surface area contributed by atoms with Gasteiger partial charge in [-0.2, -0.15) is 0 Å². The molecular formula is C14H19NO. The van der Waals surface area contributed by atoms with Gasteiger partial charge in [-0.15, -0.1) is 0 Å². The predicted octanol–water partition coefficient (Wildman–Crippen LogP) is 2.89. The molecule has 0 aliphatic heterocycles. The fourth-order valence-electron chi connectivity index (χ4n) is 2.08. The summed E-state index contributed by atoms with van der Waals surface area (Å²) in [6.07, 6.45) is 8.12. The van der Waals surface area contributed by atoms with Crippen LogP contribution in [0.5, 0.6) is 5.75 Å². The summed E-state index contributed by atoms with van der Waals surface area (Å²) in [6.45, 7) is 0.891. The molecule has 0 amide bonds. The standard InChI is InChI=1S/C14H19NO/c1-16-14-10-6-5-7-12(14)11-15-13-8-3-2-4-9-13/h2-3,5-7,10,13,15H,4,8-9,11H2,1H3. The van der Waals surface area contributed by atoms with Crippen molar-refractivity contribution in [2.75, 3.05) is 7.11 Å². The third kappa shape index (κ3) is 2.86. The van der Waals surface area contributed by atoms with Crippen molar-refractivity contribution in [2.24, 2.45) is 0 Å². The highest BCUT2D eigenvalue weighted by Crippen LogP contribution is 2.18. The van der Waals surface area contributed by atoms with Crippen molar-refractivity contribution in [3.05, 3.63) is 42.0 Å². The normalized spacial score (nSPS) is 19.7. The first-order valence-corrected chi connectivity index (χ1v) is 5.90. The third-order valence-electron chi connectivity index (χ3n) is 3.04. The smallest absolute Gasteiger partial charge is 0.123 e. The predicted molar refractivity (Wildman–Crippen MR) is 66.6 cm³/mol. The van der Waals surface area contributed by atoms with E-state index in [0.717, 1.165) is 18.7 Å². The summed E-state index contributed by atoms with van der Waals surface area (Å²) in [5.41, 5.74) is 1.24. The maximum Gasteiger partial charge on any atom is 0.123 e. The lowest BCUT2D eigenvalue weighted by atomic mass is 10.0. The number of methoxy groups -OCH3 is 1. The molecule has 16 heavy (non-hydrogen) atoms. The number of benzene rings is 1. The van der Waals surface area contributed by atoms with Crippen LogP contribution in [0.3, 0.4) is 0 Å². The summed E-state index contributed by atoms with van der Waals surface area (Å²) in [5, 5.41) is 3.58. The number of para-hydroxylation sites is 1. The Morgan fingerprint density at radius 3 is 2.94 bits per heavy atom. The van der Waals surface area contributed by atoms with E-state index in [2.05, 4.69) is 29.6 Å². The second-order valence-corrected chi connectivity index (χ2v) is 4.17. The van der Waals surface area contributed by atoms with E-state index in [1.54, 1.807) is 7.11 Å². The lowest BCUT2D eigenvalue weighted by Gasteiger charge is -2.20. The summed E-state index contributed by atoms with van der Waals surface area (Å²) < 4.78 is 5.33.